The Morgan fingerprint density at radius 2 is 1.68 bits per heavy atom. The third kappa shape index (κ3) is 3.58. The number of anilines is 1. The van der Waals surface area contributed by atoms with E-state index in [1.54, 1.807) is 0 Å². The first-order valence-corrected chi connectivity index (χ1v) is 7.05. The highest BCUT2D eigenvalue weighted by Crippen LogP contribution is 2.22. The van der Waals surface area contributed by atoms with E-state index < -0.39 is 0 Å². The topological polar surface area (TPSA) is 23.5 Å². The molecule has 0 aliphatic carbocycles. The fourth-order valence-electron chi connectivity index (χ4n) is 2.19. The van der Waals surface area contributed by atoms with Crippen LogP contribution >= 0.6 is 15.9 Å². The maximum absolute atomic E-state index is 9.13. The van der Waals surface area contributed by atoms with Crippen LogP contribution in [-0.4, -0.2) is 12.2 Å². The van der Waals surface area contributed by atoms with Crippen molar-refractivity contribution in [2.75, 3.05) is 11.9 Å². The van der Waals surface area contributed by atoms with Gasteiger partial charge >= 0.3 is 0 Å². The summed E-state index contributed by atoms with van der Waals surface area (Å²) >= 11 is 3.45. The number of rotatable bonds is 4. The molecule has 0 aliphatic heterocycles. The molecule has 2 aromatic carbocycles. The van der Waals surface area contributed by atoms with Gasteiger partial charge in [-0.15, -0.1) is 0 Å². The molecule has 19 heavy (non-hydrogen) atoms. The summed E-state index contributed by atoms with van der Waals surface area (Å²) in [4.78, 5) is 2.22. The van der Waals surface area contributed by atoms with Crippen molar-refractivity contribution in [2.45, 2.75) is 20.1 Å². The predicted octanol–water partition coefficient (Wildman–Crippen LogP) is 3.89. The Hall–Kier alpha value is -1.32. The molecule has 0 unspecified atom stereocenters. The molecule has 0 atom stereocenters. The lowest BCUT2D eigenvalue weighted by atomic mass is 10.1. The van der Waals surface area contributed by atoms with E-state index in [1.807, 2.05) is 12.1 Å². The summed E-state index contributed by atoms with van der Waals surface area (Å²) in [7, 11) is 2.09. The van der Waals surface area contributed by atoms with E-state index in [4.69, 9.17) is 5.11 Å². The molecule has 2 nitrogen and oxygen atoms in total. The van der Waals surface area contributed by atoms with E-state index in [-0.39, 0.29) is 6.61 Å². The van der Waals surface area contributed by atoms with Gasteiger partial charge in [-0.2, -0.15) is 0 Å². The predicted molar refractivity (Wildman–Crippen MR) is 83.4 cm³/mol. The molecule has 2 aromatic rings. The zero-order valence-electron chi connectivity index (χ0n) is 11.2. The molecule has 0 bridgehead atoms. The minimum atomic E-state index is 0.0948. The number of nitrogens with zero attached hydrogens (tertiary/aromatic N) is 1. The molecule has 0 aromatic heterocycles. The van der Waals surface area contributed by atoms with Crippen LogP contribution in [0, 0.1) is 6.92 Å². The van der Waals surface area contributed by atoms with Crippen LogP contribution in [0.25, 0.3) is 0 Å². The molecule has 0 spiro atoms. The normalized spacial score (nSPS) is 10.5. The highest BCUT2D eigenvalue weighted by atomic mass is 79.9. The lowest BCUT2D eigenvalue weighted by molar-refractivity contribution is 0.282. The summed E-state index contributed by atoms with van der Waals surface area (Å²) < 4.78 is 1.10. The second kappa shape index (κ2) is 6.22. The Kier molecular flexibility index (Phi) is 4.61. The quantitative estimate of drug-likeness (QED) is 0.924. The molecule has 0 saturated carbocycles. The second-order valence-corrected chi connectivity index (χ2v) is 5.68. The number of aryl methyl sites for hydroxylation is 1. The van der Waals surface area contributed by atoms with Crippen molar-refractivity contribution in [3.8, 4) is 0 Å². The van der Waals surface area contributed by atoms with Crippen LogP contribution in [0.15, 0.2) is 46.9 Å². The van der Waals surface area contributed by atoms with Gasteiger partial charge in [0, 0.05) is 23.8 Å². The average molecular weight is 320 g/mol. The van der Waals surface area contributed by atoms with Gasteiger partial charge in [-0.25, -0.2) is 0 Å². The number of benzene rings is 2. The van der Waals surface area contributed by atoms with Gasteiger partial charge in [0.05, 0.1) is 6.61 Å². The second-order valence-electron chi connectivity index (χ2n) is 4.76. The number of hydrogen-bond donors (Lipinski definition) is 1. The maximum atomic E-state index is 9.13. The molecular formula is C16H18BrNO. The van der Waals surface area contributed by atoms with E-state index in [0.29, 0.717) is 0 Å². The van der Waals surface area contributed by atoms with Crippen LogP contribution in [0.4, 0.5) is 5.69 Å². The number of hydrogen-bond acceptors (Lipinski definition) is 2. The third-order valence-corrected chi connectivity index (χ3v) is 3.72. The Labute approximate surface area is 122 Å². The summed E-state index contributed by atoms with van der Waals surface area (Å²) in [5.74, 6) is 0. The zero-order chi connectivity index (χ0) is 13.8. The van der Waals surface area contributed by atoms with Crippen LogP contribution < -0.4 is 4.90 Å². The van der Waals surface area contributed by atoms with Crippen LogP contribution in [-0.2, 0) is 13.2 Å². The molecule has 3 heteroatoms. The van der Waals surface area contributed by atoms with Crippen LogP contribution in [0.1, 0.15) is 16.7 Å². The number of aliphatic hydroxyl groups is 1. The number of halogens is 1. The molecular weight excluding hydrogens is 302 g/mol. The van der Waals surface area contributed by atoms with Gasteiger partial charge in [0.2, 0.25) is 0 Å². The van der Waals surface area contributed by atoms with E-state index in [2.05, 4.69) is 65.1 Å². The summed E-state index contributed by atoms with van der Waals surface area (Å²) in [6.07, 6.45) is 0. The SMILES string of the molecule is Cc1cc(CO)ccc1N(C)Cc1ccc(Br)cc1. The van der Waals surface area contributed by atoms with Gasteiger partial charge < -0.3 is 10.0 Å². The fraction of sp³-hybridized carbons (Fsp3) is 0.250. The summed E-state index contributed by atoms with van der Waals surface area (Å²) in [5.41, 5.74) is 4.61. The molecule has 0 radical (unpaired) electrons. The van der Waals surface area contributed by atoms with Crippen molar-refractivity contribution < 1.29 is 5.11 Å². The Bertz CT molecular complexity index is 551. The zero-order valence-corrected chi connectivity index (χ0v) is 12.8. The van der Waals surface area contributed by atoms with Crippen LogP contribution in [0.2, 0.25) is 0 Å². The van der Waals surface area contributed by atoms with E-state index >= 15 is 0 Å². The van der Waals surface area contributed by atoms with Gasteiger partial charge in [-0.1, -0.05) is 40.2 Å². The first kappa shape index (κ1) is 14.1. The molecule has 2 rings (SSSR count). The van der Waals surface area contributed by atoms with E-state index in [9.17, 15) is 0 Å². The lowest BCUT2D eigenvalue weighted by Gasteiger charge is -2.22. The Morgan fingerprint density at radius 3 is 2.26 bits per heavy atom. The smallest absolute Gasteiger partial charge is 0.0681 e. The highest BCUT2D eigenvalue weighted by Gasteiger charge is 2.06. The van der Waals surface area contributed by atoms with Crippen molar-refractivity contribution >= 4 is 21.6 Å². The Morgan fingerprint density at radius 1 is 1.05 bits per heavy atom. The number of aliphatic hydroxyl groups excluding tert-OH is 1. The fourth-order valence-corrected chi connectivity index (χ4v) is 2.46. The maximum Gasteiger partial charge on any atom is 0.0681 e. The molecule has 0 heterocycles. The van der Waals surface area contributed by atoms with E-state index in [1.165, 1.54) is 16.8 Å². The van der Waals surface area contributed by atoms with Crippen molar-refractivity contribution in [1.29, 1.82) is 0 Å². The van der Waals surface area contributed by atoms with E-state index in [0.717, 1.165) is 16.6 Å². The summed E-state index contributed by atoms with van der Waals surface area (Å²) in [6, 6.07) is 14.4. The van der Waals surface area contributed by atoms with Crippen molar-refractivity contribution in [3.05, 3.63) is 63.6 Å². The van der Waals surface area contributed by atoms with Crippen molar-refractivity contribution in [3.63, 3.8) is 0 Å². The largest absolute Gasteiger partial charge is 0.392 e. The highest BCUT2D eigenvalue weighted by molar-refractivity contribution is 9.10. The summed E-state index contributed by atoms with van der Waals surface area (Å²) in [5, 5.41) is 9.13. The molecule has 1 N–H and O–H groups in total. The monoisotopic (exact) mass is 319 g/mol. The van der Waals surface area contributed by atoms with Gasteiger partial charge in [0.25, 0.3) is 0 Å². The third-order valence-electron chi connectivity index (χ3n) is 3.19. The van der Waals surface area contributed by atoms with Crippen molar-refractivity contribution in [1.82, 2.24) is 0 Å². The van der Waals surface area contributed by atoms with Gasteiger partial charge in [-0.05, 0) is 41.8 Å². The summed E-state index contributed by atoms with van der Waals surface area (Å²) in [6.45, 7) is 3.04. The standard InChI is InChI=1S/C16H18BrNO/c1-12-9-14(11-19)5-8-16(12)18(2)10-13-3-6-15(17)7-4-13/h3-9,19H,10-11H2,1-2H3. The first-order chi connectivity index (χ1) is 9.10. The van der Waals surface area contributed by atoms with Crippen molar-refractivity contribution in [2.24, 2.45) is 0 Å². The van der Waals surface area contributed by atoms with Gasteiger partial charge in [-0.3, -0.25) is 0 Å². The van der Waals surface area contributed by atoms with Gasteiger partial charge in [0.15, 0.2) is 0 Å². The molecule has 0 saturated heterocycles. The minimum Gasteiger partial charge on any atom is -0.392 e. The molecule has 0 amide bonds. The van der Waals surface area contributed by atoms with Gasteiger partial charge in [0.1, 0.15) is 0 Å². The molecule has 100 valence electrons. The Balaban J connectivity index is 2.15. The molecule has 0 fully saturated rings. The minimum absolute atomic E-state index is 0.0948. The van der Waals surface area contributed by atoms with Crippen LogP contribution in [0.3, 0.4) is 0 Å². The van der Waals surface area contributed by atoms with Crippen LogP contribution in [0.5, 0.6) is 0 Å². The lowest BCUT2D eigenvalue weighted by Crippen LogP contribution is -2.17. The first-order valence-electron chi connectivity index (χ1n) is 6.26. The molecule has 0 aliphatic rings. The average Bonchev–Trinajstić information content (AvgIpc) is 2.41.